The number of hydrogen-bond acceptors (Lipinski definition) is 3. The Balaban J connectivity index is 2.07. The van der Waals surface area contributed by atoms with Crippen LogP contribution in [-0.2, 0) is 4.79 Å². The molecule has 2 N–H and O–H groups in total. The summed E-state index contributed by atoms with van der Waals surface area (Å²) in [6.07, 6.45) is 0. The van der Waals surface area contributed by atoms with Gasteiger partial charge >= 0.3 is 0 Å². The van der Waals surface area contributed by atoms with Crippen LogP contribution in [0.1, 0.15) is 29.8 Å². The Kier molecular flexibility index (Phi) is 6.17. The molecule has 0 saturated carbocycles. The zero-order valence-electron chi connectivity index (χ0n) is 15.0. The SMILES string of the molecule is COc1ccc(C(=O)N[C@H](C(=O)Nc2ccc(C)cc2)C(C)C)cc1. The molecule has 1 atom stereocenters. The molecular formula is C20H24N2O3. The van der Waals surface area contributed by atoms with Gasteiger partial charge in [-0.1, -0.05) is 31.5 Å². The van der Waals surface area contributed by atoms with Gasteiger partial charge in [0.2, 0.25) is 5.91 Å². The largest absolute Gasteiger partial charge is 0.497 e. The number of hydrogen-bond donors (Lipinski definition) is 2. The molecule has 0 aromatic heterocycles. The molecule has 0 aliphatic carbocycles. The first-order valence-electron chi connectivity index (χ1n) is 8.23. The minimum atomic E-state index is -0.629. The molecule has 2 amide bonds. The Morgan fingerprint density at radius 1 is 0.960 bits per heavy atom. The van der Waals surface area contributed by atoms with Crippen LogP contribution in [0.4, 0.5) is 5.69 Å². The third-order valence-corrected chi connectivity index (χ3v) is 3.91. The predicted molar refractivity (Wildman–Crippen MR) is 98.9 cm³/mol. The van der Waals surface area contributed by atoms with Crippen LogP contribution >= 0.6 is 0 Å². The Labute approximate surface area is 148 Å². The molecule has 0 aliphatic heterocycles. The fourth-order valence-electron chi connectivity index (χ4n) is 2.36. The summed E-state index contributed by atoms with van der Waals surface area (Å²) in [6.45, 7) is 5.78. The monoisotopic (exact) mass is 340 g/mol. The maximum Gasteiger partial charge on any atom is 0.251 e. The van der Waals surface area contributed by atoms with Gasteiger partial charge in [0.15, 0.2) is 0 Å². The highest BCUT2D eigenvalue weighted by Crippen LogP contribution is 2.14. The smallest absolute Gasteiger partial charge is 0.251 e. The number of amides is 2. The highest BCUT2D eigenvalue weighted by Gasteiger charge is 2.24. The standard InChI is InChI=1S/C20H24N2O3/c1-13(2)18(20(24)21-16-9-5-14(3)6-10-16)22-19(23)15-7-11-17(25-4)12-8-15/h5-13,18H,1-4H3,(H,21,24)(H,22,23)/t18-/m0/s1. The molecule has 0 aliphatic rings. The van der Waals surface area contributed by atoms with E-state index in [9.17, 15) is 9.59 Å². The highest BCUT2D eigenvalue weighted by atomic mass is 16.5. The summed E-state index contributed by atoms with van der Waals surface area (Å²) in [7, 11) is 1.57. The second kappa shape index (κ2) is 8.33. The van der Waals surface area contributed by atoms with Gasteiger partial charge in [0.1, 0.15) is 11.8 Å². The van der Waals surface area contributed by atoms with E-state index >= 15 is 0 Å². The van der Waals surface area contributed by atoms with Crippen LogP contribution in [0.15, 0.2) is 48.5 Å². The Morgan fingerprint density at radius 2 is 1.56 bits per heavy atom. The van der Waals surface area contributed by atoms with Crippen molar-refractivity contribution in [3.8, 4) is 5.75 Å². The van der Waals surface area contributed by atoms with Crippen LogP contribution in [0.25, 0.3) is 0 Å². The Hall–Kier alpha value is -2.82. The lowest BCUT2D eigenvalue weighted by molar-refractivity contribution is -0.118. The summed E-state index contributed by atoms with van der Waals surface area (Å²) in [5.74, 6) is 0.0999. The summed E-state index contributed by atoms with van der Waals surface area (Å²) in [6, 6.07) is 13.7. The van der Waals surface area contributed by atoms with Crippen molar-refractivity contribution in [3.05, 3.63) is 59.7 Å². The molecule has 5 nitrogen and oxygen atoms in total. The van der Waals surface area contributed by atoms with E-state index in [1.54, 1.807) is 31.4 Å². The molecule has 0 fully saturated rings. The predicted octanol–water partition coefficient (Wildman–Crippen LogP) is 3.40. The van der Waals surface area contributed by atoms with Crippen molar-refractivity contribution in [1.29, 1.82) is 0 Å². The van der Waals surface area contributed by atoms with Gasteiger partial charge in [0.25, 0.3) is 5.91 Å². The van der Waals surface area contributed by atoms with Gasteiger partial charge in [-0.25, -0.2) is 0 Å². The molecule has 0 heterocycles. The minimum Gasteiger partial charge on any atom is -0.497 e. The second-order valence-electron chi connectivity index (χ2n) is 6.28. The number of anilines is 1. The number of benzene rings is 2. The summed E-state index contributed by atoms with van der Waals surface area (Å²) in [5.41, 5.74) is 2.31. The molecular weight excluding hydrogens is 316 g/mol. The first kappa shape index (κ1) is 18.5. The molecule has 25 heavy (non-hydrogen) atoms. The van der Waals surface area contributed by atoms with Crippen LogP contribution in [-0.4, -0.2) is 25.0 Å². The fourth-order valence-corrected chi connectivity index (χ4v) is 2.36. The first-order chi connectivity index (χ1) is 11.9. The Bertz CT molecular complexity index is 722. The lowest BCUT2D eigenvalue weighted by Crippen LogP contribution is -2.47. The number of nitrogens with one attached hydrogen (secondary N) is 2. The van der Waals surface area contributed by atoms with Gasteiger partial charge in [0.05, 0.1) is 7.11 Å². The van der Waals surface area contributed by atoms with Gasteiger partial charge in [-0.05, 0) is 49.2 Å². The van der Waals surface area contributed by atoms with Crippen molar-refractivity contribution in [2.24, 2.45) is 5.92 Å². The van der Waals surface area contributed by atoms with Gasteiger partial charge in [0, 0.05) is 11.3 Å². The first-order valence-corrected chi connectivity index (χ1v) is 8.23. The van der Waals surface area contributed by atoms with Crippen LogP contribution in [0.2, 0.25) is 0 Å². The van der Waals surface area contributed by atoms with E-state index in [0.29, 0.717) is 17.0 Å². The summed E-state index contributed by atoms with van der Waals surface area (Å²) in [4.78, 5) is 25.0. The number of ether oxygens (including phenoxy) is 1. The molecule has 2 aromatic rings. The average molecular weight is 340 g/mol. The third-order valence-electron chi connectivity index (χ3n) is 3.91. The summed E-state index contributed by atoms with van der Waals surface area (Å²) in [5, 5.41) is 5.66. The highest BCUT2D eigenvalue weighted by molar-refractivity contribution is 6.01. The number of rotatable bonds is 6. The number of carbonyl (C=O) groups is 2. The van der Waals surface area contributed by atoms with Crippen molar-refractivity contribution in [3.63, 3.8) is 0 Å². The van der Waals surface area contributed by atoms with E-state index in [1.807, 2.05) is 45.0 Å². The van der Waals surface area contributed by atoms with Crippen molar-refractivity contribution in [2.45, 2.75) is 26.8 Å². The van der Waals surface area contributed by atoms with Crippen molar-refractivity contribution in [2.75, 3.05) is 12.4 Å². The van der Waals surface area contributed by atoms with Gasteiger partial charge in [-0.2, -0.15) is 0 Å². The zero-order chi connectivity index (χ0) is 18.4. The zero-order valence-corrected chi connectivity index (χ0v) is 15.0. The van der Waals surface area contributed by atoms with E-state index in [4.69, 9.17) is 4.74 Å². The quantitative estimate of drug-likeness (QED) is 0.847. The van der Waals surface area contributed by atoms with E-state index < -0.39 is 6.04 Å². The van der Waals surface area contributed by atoms with Crippen LogP contribution in [0.5, 0.6) is 5.75 Å². The van der Waals surface area contributed by atoms with Crippen LogP contribution < -0.4 is 15.4 Å². The lowest BCUT2D eigenvalue weighted by atomic mass is 10.0. The van der Waals surface area contributed by atoms with E-state index in [1.165, 1.54) is 0 Å². The normalized spacial score (nSPS) is 11.7. The van der Waals surface area contributed by atoms with Gasteiger partial charge < -0.3 is 15.4 Å². The van der Waals surface area contributed by atoms with E-state index in [2.05, 4.69) is 10.6 Å². The molecule has 132 valence electrons. The number of methoxy groups -OCH3 is 1. The van der Waals surface area contributed by atoms with Crippen LogP contribution in [0.3, 0.4) is 0 Å². The maximum absolute atomic E-state index is 12.6. The lowest BCUT2D eigenvalue weighted by Gasteiger charge is -2.22. The van der Waals surface area contributed by atoms with Crippen molar-refractivity contribution < 1.29 is 14.3 Å². The number of carbonyl (C=O) groups excluding carboxylic acids is 2. The molecule has 0 bridgehead atoms. The molecule has 2 rings (SSSR count). The summed E-state index contributed by atoms with van der Waals surface area (Å²) >= 11 is 0. The topological polar surface area (TPSA) is 67.4 Å². The van der Waals surface area contributed by atoms with Gasteiger partial charge in [-0.15, -0.1) is 0 Å². The van der Waals surface area contributed by atoms with Crippen molar-refractivity contribution in [1.82, 2.24) is 5.32 Å². The fraction of sp³-hybridized carbons (Fsp3) is 0.300. The Morgan fingerprint density at radius 3 is 2.08 bits per heavy atom. The van der Waals surface area contributed by atoms with E-state index in [-0.39, 0.29) is 17.7 Å². The van der Waals surface area contributed by atoms with Gasteiger partial charge in [-0.3, -0.25) is 9.59 Å². The molecule has 0 radical (unpaired) electrons. The molecule has 0 spiro atoms. The van der Waals surface area contributed by atoms with Crippen molar-refractivity contribution >= 4 is 17.5 Å². The van der Waals surface area contributed by atoms with Crippen LogP contribution in [0, 0.1) is 12.8 Å². The minimum absolute atomic E-state index is 0.0485. The third kappa shape index (κ3) is 5.08. The molecule has 0 unspecified atom stereocenters. The average Bonchev–Trinajstić information content (AvgIpc) is 2.61. The number of aryl methyl sites for hydroxylation is 1. The van der Waals surface area contributed by atoms with E-state index in [0.717, 1.165) is 5.56 Å². The maximum atomic E-state index is 12.6. The molecule has 0 saturated heterocycles. The second-order valence-corrected chi connectivity index (χ2v) is 6.28. The molecule has 5 heteroatoms. The molecule has 2 aromatic carbocycles. The summed E-state index contributed by atoms with van der Waals surface area (Å²) < 4.78 is 5.09.